The lowest BCUT2D eigenvalue weighted by atomic mass is 10.2. The van der Waals surface area contributed by atoms with E-state index in [1.807, 2.05) is 0 Å². The molecule has 0 aromatic heterocycles. The molecule has 1 aliphatic rings. The number of rotatable bonds is 4. The van der Waals surface area contributed by atoms with Crippen molar-refractivity contribution in [3.05, 3.63) is 30.1 Å². The minimum atomic E-state index is -0.207. The van der Waals surface area contributed by atoms with Gasteiger partial charge in [-0.25, -0.2) is 4.39 Å². The molecule has 2 N–H and O–H groups in total. The Morgan fingerprint density at radius 1 is 1.25 bits per heavy atom. The van der Waals surface area contributed by atoms with E-state index in [0.717, 1.165) is 31.9 Å². The molecule has 1 saturated heterocycles. The minimum Gasteiger partial charge on any atom is -0.383 e. The van der Waals surface area contributed by atoms with Crippen LogP contribution in [0.2, 0.25) is 0 Å². The molecule has 20 heavy (non-hydrogen) atoms. The van der Waals surface area contributed by atoms with E-state index in [1.165, 1.54) is 12.1 Å². The summed E-state index contributed by atoms with van der Waals surface area (Å²) in [5.41, 5.74) is 6.99. The molecule has 1 aromatic carbocycles. The van der Waals surface area contributed by atoms with E-state index in [1.54, 1.807) is 19.2 Å². The Bertz CT molecular complexity index is 441. The number of anilines is 1. The molecule has 6 heteroatoms. The number of benzene rings is 1. The maximum absolute atomic E-state index is 12.9. The smallest absolute Gasteiger partial charge is 0.191 e. The van der Waals surface area contributed by atoms with E-state index in [2.05, 4.69) is 14.8 Å². The summed E-state index contributed by atoms with van der Waals surface area (Å²) < 4.78 is 17.8. The quantitative estimate of drug-likeness (QED) is 0.506. The minimum absolute atomic E-state index is 0.207. The van der Waals surface area contributed by atoms with Crippen LogP contribution in [0.5, 0.6) is 0 Å². The Labute approximate surface area is 118 Å². The molecule has 0 radical (unpaired) electrons. The molecule has 1 aliphatic heterocycles. The molecule has 1 aromatic rings. The molecular formula is C14H21FN4O. The van der Waals surface area contributed by atoms with Gasteiger partial charge >= 0.3 is 0 Å². The van der Waals surface area contributed by atoms with Gasteiger partial charge in [-0.15, -0.1) is 0 Å². The van der Waals surface area contributed by atoms with Gasteiger partial charge in [-0.05, 0) is 24.3 Å². The van der Waals surface area contributed by atoms with Crippen molar-refractivity contribution in [2.45, 2.75) is 0 Å². The van der Waals surface area contributed by atoms with Crippen LogP contribution >= 0.6 is 0 Å². The van der Waals surface area contributed by atoms with E-state index in [0.29, 0.717) is 19.1 Å². The van der Waals surface area contributed by atoms with Crippen molar-refractivity contribution < 1.29 is 9.13 Å². The van der Waals surface area contributed by atoms with Gasteiger partial charge < -0.3 is 20.3 Å². The summed E-state index contributed by atoms with van der Waals surface area (Å²) in [6.45, 7) is 4.51. The van der Waals surface area contributed by atoms with Crippen molar-refractivity contribution >= 4 is 11.6 Å². The maximum Gasteiger partial charge on any atom is 0.191 e. The molecule has 0 bridgehead atoms. The summed E-state index contributed by atoms with van der Waals surface area (Å²) in [5, 5.41) is 0. The van der Waals surface area contributed by atoms with Gasteiger partial charge in [-0.3, -0.25) is 4.99 Å². The summed E-state index contributed by atoms with van der Waals surface area (Å²) >= 11 is 0. The Kier molecular flexibility index (Phi) is 5.17. The van der Waals surface area contributed by atoms with E-state index in [9.17, 15) is 4.39 Å². The third kappa shape index (κ3) is 3.84. The van der Waals surface area contributed by atoms with E-state index in [-0.39, 0.29) is 5.82 Å². The van der Waals surface area contributed by atoms with Gasteiger partial charge in [-0.1, -0.05) is 0 Å². The lowest BCUT2D eigenvalue weighted by Crippen LogP contribution is -2.51. The molecule has 0 aliphatic carbocycles. The second kappa shape index (κ2) is 7.09. The van der Waals surface area contributed by atoms with Gasteiger partial charge in [0.2, 0.25) is 0 Å². The second-order valence-corrected chi connectivity index (χ2v) is 4.68. The van der Waals surface area contributed by atoms with Gasteiger partial charge in [0.1, 0.15) is 5.82 Å². The van der Waals surface area contributed by atoms with Crippen molar-refractivity contribution in [2.24, 2.45) is 10.7 Å². The van der Waals surface area contributed by atoms with Gasteiger partial charge in [0.15, 0.2) is 5.96 Å². The molecule has 0 unspecified atom stereocenters. The Morgan fingerprint density at radius 3 is 2.50 bits per heavy atom. The number of methoxy groups -OCH3 is 1. The summed E-state index contributed by atoms with van der Waals surface area (Å²) in [5.74, 6) is 0.364. The fourth-order valence-electron chi connectivity index (χ4n) is 2.20. The number of halogens is 1. The van der Waals surface area contributed by atoms with Crippen LogP contribution in [-0.4, -0.2) is 57.3 Å². The number of guanidine groups is 1. The van der Waals surface area contributed by atoms with Crippen LogP contribution in [0.15, 0.2) is 29.3 Å². The fraction of sp³-hybridized carbons (Fsp3) is 0.500. The van der Waals surface area contributed by atoms with Crippen molar-refractivity contribution in [3.63, 3.8) is 0 Å². The molecule has 1 fully saturated rings. The van der Waals surface area contributed by atoms with Gasteiger partial charge in [0.25, 0.3) is 0 Å². The fourth-order valence-corrected chi connectivity index (χ4v) is 2.20. The highest BCUT2D eigenvalue weighted by molar-refractivity contribution is 5.78. The highest BCUT2D eigenvalue weighted by Crippen LogP contribution is 2.16. The summed E-state index contributed by atoms with van der Waals surface area (Å²) in [7, 11) is 1.65. The molecule has 0 amide bonds. The van der Waals surface area contributed by atoms with Crippen LogP contribution in [-0.2, 0) is 4.74 Å². The van der Waals surface area contributed by atoms with Gasteiger partial charge in [0, 0.05) is 39.0 Å². The number of piperazine rings is 1. The summed E-state index contributed by atoms with van der Waals surface area (Å²) in [6.07, 6.45) is 0. The normalized spacial score (nSPS) is 16.6. The number of nitrogens with two attached hydrogens (primary N) is 1. The largest absolute Gasteiger partial charge is 0.383 e. The average molecular weight is 280 g/mol. The Balaban J connectivity index is 1.85. The third-order valence-electron chi connectivity index (χ3n) is 3.36. The van der Waals surface area contributed by atoms with Gasteiger partial charge in [-0.2, -0.15) is 0 Å². The highest BCUT2D eigenvalue weighted by Gasteiger charge is 2.18. The lowest BCUT2D eigenvalue weighted by molar-refractivity contribution is 0.207. The SMILES string of the molecule is COCCN=C(N)N1CCN(c2ccc(F)cc2)CC1. The van der Waals surface area contributed by atoms with Crippen molar-refractivity contribution in [2.75, 3.05) is 51.3 Å². The molecule has 1 heterocycles. The predicted octanol–water partition coefficient (Wildman–Crippen LogP) is 0.909. The first-order valence-corrected chi connectivity index (χ1v) is 6.75. The van der Waals surface area contributed by atoms with Crippen molar-refractivity contribution in [3.8, 4) is 0 Å². The maximum atomic E-state index is 12.9. The average Bonchev–Trinajstić information content (AvgIpc) is 2.48. The number of ether oxygens (including phenoxy) is 1. The Morgan fingerprint density at radius 2 is 1.90 bits per heavy atom. The highest BCUT2D eigenvalue weighted by atomic mass is 19.1. The first kappa shape index (κ1) is 14.6. The van der Waals surface area contributed by atoms with E-state index >= 15 is 0 Å². The standard InChI is InChI=1S/C14H21FN4O/c1-20-11-6-17-14(16)19-9-7-18(8-10-19)13-4-2-12(15)3-5-13/h2-5H,6-11H2,1H3,(H2,16,17). The van der Waals surface area contributed by atoms with Crippen LogP contribution in [0.25, 0.3) is 0 Å². The molecule has 0 atom stereocenters. The second-order valence-electron chi connectivity index (χ2n) is 4.68. The zero-order valence-corrected chi connectivity index (χ0v) is 11.8. The van der Waals surface area contributed by atoms with Crippen molar-refractivity contribution in [1.29, 1.82) is 0 Å². The zero-order chi connectivity index (χ0) is 14.4. The lowest BCUT2D eigenvalue weighted by Gasteiger charge is -2.36. The number of hydrogen-bond donors (Lipinski definition) is 1. The number of nitrogens with zero attached hydrogens (tertiary/aromatic N) is 3. The molecule has 110 valence electrons. The van der Waals surface area contributed by atoms with Crippen LogP contribution in [0.1, 0.15) is 0 Å². The van der Waals surface area contributed by atoms with E-state index < -0.39 is 0 Å². The molecule has 0 spiro atoms. The third-order valence-corrected chi connectivity index (χ3v) is 3.36. The van der Waals surface area contributed by atoms with Crippen molar-refractivity contribution in [1.82, 2.24) is 4.90 Å². The monoisotopic (exact) mass is 280 g/mol. The van der Waals surface area contributed by atoms with E-state index in [4.69, 9.17) is 10.5 Å². The van der Waals surface area contributed by atoms with Crippen LogP contribution < -0.4 is 10.6 Å². The van der Waals surface area contributed by atoms with Gasteiger partial charge in [0.05, 0.1) is 13.2 Å². The predicted molar refractivity (Wildman–Crippen MR) is 78.6 cm³/mol. The molecule has 2 rings (SSSR count). The molecule has 0 saturated carbocycles. The Hall–Kier alpha value is -1.82. The molecule has 5 nitrogen and oxygen atoms in total. The summed E-state index contributed by atoms with van der Waals surface area (Å²) in [6, 6.07) is 6.59. The van der Waals surface area contributed by atoms with Crippen LogP contribution in [0.4, 0.5) is 10.1 Å². The first-order valence-electron chi connectivity index (χ1n) is 6.75. The first-order chi connectivity index (χ1) is 9.70. The number of aliphatic imine (C=N–C) groups is 1. The topological polar surface area (TPSA) is 54.1 Å². The molecular weight excluding hydrogens is 259 g/mol. The van der Waals surface area contributed by atoms with Crippen LogP contribution in [0, 0.1) is 5.82 Å². The number of hydrogen-bond acceptors (Lipinski definition) is 3. The van der Waals surface area contributed by atoms with Crippen LogP contribution in [0.3, 0.4) is 0 Å². The zero-order valence-electron chi connectivity index (χ0n) is 11.8. The summed E-state index contributed by atoms with van der Waals surface area (Å²) in [4.78, 5) is 8.56.